The smallest absolute Gasteiger partial charge is 0.262 e. The highest BCUT2D eigenvalue weighted by Crippen LogP contribution is 2.20. The largest absolute Gasteiger partial charge is 0.355 e. The molecular formula is C13H17N3O2S. The van der Waals surface area contributed by atoms with E-state index in [1.54, 1.807) is 6.92 Å². The Morgan fingerprint density at radius 3 is 2.89 bits per heavy atom. The van der Waals surface area contributed by atoms with E-state index in [2.05, 4.69) is 10.3 Å². The highest BCUT2D eigenvalue weighted by molar-refractivity contribution is 7.18. The zero-order valence-corrected chi connectivity index (χ0v) is 12.1. The van der Waals surface area contributed by atoms with E-state index < -0.39 is 0 Å². The first kappa shape index (κ1) is 13.7. The Hall–Kier alpha value is -1.69. The molecule has 0 saturated heterocycles. The Balaban J connectivity index is 2.37. The molecule has 0 radical (unpaired) electrons. The summed E-state index contributed by atoms with van der Waals surface area (Å²) in [6.07, 6.45) is 0.876. The molecule has 0 aliphatic carbocycles. The van der Waals surface area contributed by atoms with Crippen molar-refractivity contribution in [3.05, 3.63) is 27.1 Å². The monoisotopic (exact) mass is 279 g/mol. The fraction of sp³-hybridized carbons (Fsp3) is 0.462. The average molecular weight is 279 g/mol. The molecule has 0 aromatic carbocycles. The average Bonchev–Trinajstić information content (AvgIpc) is 2.72. The normalized spacial score (nSPS) is 10.9. The summed E-state index contributed by atoms with van der Waals surface area (Å²) in [5.74, 6) is 0.422. The molecule has 0 fully saturated rings. The van der Waals surface area contributed by atoms with Gasteiger partial charge in [-0.2, -0.15) is 0 Å². The van der Waals surface area contributed by atoms with Gasteiger partial charge in [-0.05, 0) is 26.3 Å². The van der Waals surface area contributed by atoms with Gasteiger partial charge in [-0.15, -0.1) is 11.3 Å². The molecule has 0 bridgehead atoms. The van der Waals surface area contributed by atoms with E-state index in [0.29, 0.717) is 17.8 Å². The summed E-state index contributed by atoms with van der Waals surface area (Å²) in [6, 6.07) is 1.83. The molecule has 0 aliphatic heterocycles. The summed E-state index contributed by atoms with van der Waals surface area (Å²) in [6.45, 7) is 6.34. The second-order valence-electron chi connectivity index (χ2n) is 4.48. The van der Waals surface area contributed by atoms with Crippen molar-refractivity contribution in [1.82, 2.24) is 14.9 Å². The quantitative estimate of drug-likeness (QED) is 0.924. The highest BCUT2D eigenvalue weighted by Gasteiger charge is 2.12. The molecular weight excluding hydrogens is 262 g/mol. The summed E-state index contributed by atoms with van der Waals surface area (Å²) in [5.41, 5.74) is -0.140. The van der Waals surface area contributed by atoms with Gasteiger partial charge in [0.15, 0.2) is 0 Å². The number of nitrogens with one attached hydrogen (secondary N) is 1. The number of aryl methyl sites for hydroxylation is 2. The van der Waals surface area contributed by atoms with Crippen LogP contribution in [0, 0.1) is 13.8 Å². The number of nitrogens with zero attached hydrogens (tertiary/aromatic N) is 2. The minimum absolute atomic E-state index is 0.0303. The molecule has 5 nitrogen and oxygen atoms in total. The van der Waals surface area contributed by atoms with Crippen molar-refractivity contribution in [2.45, 2.75) is 33.7 Å². The van der Waals surface area contributed by atoms with Gasteiger partial charge in [-0.3, -0.25) is 14.2 Å². The van der Waals surface area contributed by atoms with E-state index in [-0.39, 0.29) is 18.0 Å². The van der Waals surface area contributed by atoms with E-state index >= 15 is 0 Å². The maximum Gasteiger partial charge on any atom is 0.262 e. The maximum atomic E-state index is 12.3. The minimum Gasteiger partial charge on any atom is -0.355 e. The number of carbonyl (C=O) groups excluding carboxylic acids is 1. The van der Waals surface area contributed by atoms with Crippen LogP contribution in [0.2, 0.25) is 0 Å². The second-order valence-corrected chi connectivity index (χ2v) is 5.71. The van der Waals surface area contributed by atoms with Gasteiger partial charge in [0.2, 0.25) is 5.91 Å². The van der Waals surface area contributed by atoms with Crippen molar-refractivity contribution in [2.75, 3.05) is 6.54 Å². The number of rotatable bonds is 4. The summed E-state index contributed by atoms with van der Waals surface area (Å²) < 4.78 is 1.43. The molecule has 1 N–H and O–H groups in total. The Bertz CT molecular complexity index is 672. The van der Waals surface area contributed by atoms with E-state index in [0.717, 1.165) is 16.1 Å². The van der Waals surface area contributed by atoms with E-state index in [1.165, 1.54) is 15.9 Å². The van der Waals surface area contributed by atoms with Crippen LogP contribution in [0.25, 0.3) is 10.2 Å². The van der Waals surface area contributed by atoms with Crippen molar-refractivity contribution >= 4 is 27.5 Å². The van der Waals surface area contributed by atoms with Gasteiger partial charge in [0.25, 0.3) is 5.56 Å². The van der Waals surface area contributed by atoms with Gasteiger partial charge in [0.1, 0.15) is 17.2 Å². The third kappa shape index (κ3) is 2.84. The summed E-state index contributed by atoms with van der Waals surface area (Å²) in [4.78, 5) is 30.2. The summed E-state index contributed by atoms with van der Waals surface area (Å²) in [7, 11) is 0. The van der Waals surface area contributed by atoms with Crippen LogP contribution in [-0.4, -0.2) is 22.0 Å². The van der Waals surface area contributed by atoms with Crippen LogP contribution in [0.15, 0.2) is 10.9 Å². The van der Waals surface area contributed by atoms with Crippen LogP contribution >= 0.6 is 11.3 Å². The number of aromatic nitrogens is 2. The van der Waals surface area contributed by atoms with E-state index in [4.69, 9.17) is 0 Å². The van der Waals surface area contributed by atoms with Gasteiger partial charge in [-0.1, -0.05) is 6.92 Å². The molecule has 0 aliphatic rings. The Morgan fingerprint density at radius 1 is 1.47 bits per heavy atom. The fourth-order valence-corrected chi connectivity index (χ4v) is 2.80. The molecule has 19 heavy (non-hydrogen) atoms. The van der Waals surface area contributed by atoms with Crippen LogP contribution in [0.1, 0.15) is 24.0 Å². The molecule has 102 valence electrons. The molecule has 6 heteroatoms. The first-order valence-electron chi connectivity index (χ1n) is 6.27. The zero-order chi connectivity index (χ0) is 14.0. The van der Waals surface area contributed by atoms with Crippen molar-refractivity contribution < 1.29 is 4.79 Å². The van der Waals surface area contributed by atoms with E-state index in [1.807, 2.05) is 19.9 Å². The third-order valence-corrected chi connectivity index (χ3v) is 3.78. The lowest BCUT2D eigenvalue weighted by atomic mass is 10.3. The summed E-state index contributed by atoms with van der Waals surface area (Å²) >= 11 is 1.50. The molecule has 0 spiro atoms. The van der Waals surface area contributed by atoms with Crippen LogP contribution in [0.4, 0.5) is 0 Å². The number of thiophene rings is 1. The van der Waals surface area contributed by atoms with Crippen molar-refractivity contribution in [3.63, 3.8) is 0 Å². The van der Waals surface area contributed by atoms with Gasteiger partial charge in [0, 0.05) is 11.4 Å². The highest BCUT2D eigenvalue weighted by atomic mass is 32.1. The van der Waals surface area contributed by atoms with Crippen molar-refractivity contribution in [2.24, 2.45) is 0 Å². The Labute approximate surface area is 115 Å². The predicted molar refractivity (Wildman–Crippen MR) is 76.7 cm³/mol. The molecule has 2 rings (SSSR count). The van der Waals surface area contributed by atoms with Gasteiger partial charge in [-0.25, -0.2) is 4.98 Å². The zero-order valence-electron chi connectivity index (χ0n) is 11.3. The number of hydrogen-bond acceptors (Lipinski definition) is 4. The lowest BCUT2D eigenvalue weighted by Crippen LogP contribution is -2.34. The van der Waals surface area contributed by atoms with Gasteiger partial charge in [0.05, 0.1) is 5.39 Å². The first-order chi connectivity index (χ1) is 9.02. The SMILES string of the molecule is CCCNC(=O)Cn1c(C)nc2sc(C)cc2c1=O. The fourth-order valence-electron chi connectivity index (χ4n) is 1.89. The number of amides is 1. The van der Waals surface area contributed by atoms with Gasteiger partial charge >= 0.3 is 0 Å². The lowest BCUT2D eigenvalue weighted by Gasteiger charge is -2.09. The molecule has 0 saturated carbocycles. The minimum atomic E-state index is -0.153. The van der Waals surface area contributed by atoms with Crippen molar-refractivity contribution in [1.29, 1.82) is 0 Å². The molecule has 0 unspecified atom stereocenters. The standard InChI is InChI=1S/C13H17N3O2S/c1-4-5-14-11(17)7-16-9(3)15-12-10(13(16)18)6-8(2)19-12/h6H,4-5,7H2,1-3H3,(H,14,17). The molecule has 2 aromatic rings. The maximum absolute atomic E-state index is 12.3. The molecule has 1 amide bonds. The Morgan fingerprint density at radius 2 is 2.21 bits per heavy atom. The first-order valence-corrected chi connectivity index (χ1v) is 7.09. The number of fused-ring (bicyclic) bond motifs is 1. The van der Waals surface area contributed by atoms with Crippen LogP contribution in [0.5, 0.6) is 0 Å². The van der Waals surface area contributed by atoms with E-state index in [9.17, 15) is 9.59 Å². The predicted octanol–water partition coefficient (Wildman–Crippen LogP) is 1.60. The second kappa shape index (κ2) is 5.52. The number of carbonyl (C=O) groups is 1. The lowest BCUT2D eigenvalue weighted by molar-refractivity contribution is -0.121. The van der Waals surface area contributed by atoms with Crippen LogP contribution in [0.3, 0.4) is 0 Å². The Kier molecular flexibility index (Phi) is 3.99. The summed E-state index contributed by atoms with van der Waals surface area (Å²) in [5, 5.41) is 3.36. The topological polar surface area (TPSA) is 64.0 Å². The van der Waals surface area contributed by atoms with Crippen LogP contribution in [-0.2, 0) is 11.3 Å². The van der Waals surface area contributed by atoms with Crippen molar-refractivity contribution in [3.8, 4) is 0 Å². The van der Waals surface area contributed by atoms with Crippen LogP contribution < -0.4 is 10.9 Å². The number of hydrogen-bond donors (Lipinski definition) is 1. The molecule has 0 atom stereocenters. The molecule has 2 heterocycles. The third-order valence-electron chi connectivity index (χ3n) is 2.84. The van der Waals surface area contributed by atoms with Gasteiger partial charge < -0.3 is 5.32 Å². The molecule has 2 aromatic heterocycles.